The number of thioether (sulfide) groups is 1. The second kappa shape index (κ2) is 8.97. The Hall–Kier alpha value is -2.71. The van der Waals surface area contributed by atoms with E-state index < -0.39 is 5.25 Å². The first-order valence-corrected chi connectivity index (χ1v) is 10.9. The molecule has 4 rings (SSSR count). The highest BCUT2D eigenvalue weighted by atomic mass is 35.5. The number of amides is 1. The molecule has 3 aromatic rings. The molecule has 0 saturated carbocycles. The zero-order valence-electron chi connectivity index (χ0n) is 16.6. The first-order valence-electron chi connectivity index (χ1n) is 9.67. The maximum Gasteiger partial charge on any atom is 0.240 e. The Morgan fingerprint density at radius 2 is 2.00 bits per heavy atom. The van der Waals surface area contributed by atoms with Crippen LogP contribution in [-0.4, -0.2) is 33.1 Å². The van der Waals surface area contributed by atoms with Crippen molar-refractivity contribution >= 4 is 35.0 Å². The third kappa shape index (κ3) is 4.11. The number of aromatic nitrogens is 3. The van der Waals surface area contributed by atoms with E-state index in [0.29, 0.717) is 15.9 Å². The Kier molecular flexibility index (Phi) is 6.15. The predicted molar refractivity (Wildman–Crippen MR) is 119 cm³/mol. The molecule has 0 saturated heterocycles. The number of hydrogen-bond donors (Lipinski definition) is 2. The van der Waals surface area contributed by atoms with Crippen molar-refractivity contribution in [2.75, 3.05) is 17.9 Å². The van der Waals surface area contributed by atoms with E-state index in [2.05, 4.69) is 27.9 Å². The van der Waals surface area contributed by atoms with Crippen LogP contribution < -0.4 is 15.5 Å². The van der Waals surface area contributed by atoms with Gasteiger partial charge in [-0.2, -0.15) is 0 Å². The summed E-state index contributed by atoms with van der Waals surface area (Å²) in [4.78, 5) is 13.3. The zero-order chi connectivity index (χ0) is 21.1. The number of fused-ring (bicyclic) bond motifs is 1. The SMILES string of the molecule is CCCc1nnc2n1N[C@@H](c1ccc(OC)cc1)[C@H](C(=O)Nc1ccccc1Cl)S2. The van der Waals surface area contributed by atoms with Crippen LogP contribution in [-0.2, 0) is 11.2 Å². The molecule has 0 fully saturated rings. The Morgan fingerprint density at radius 3 is 2.70 bits per heavy atom. The molecular weight excluding hydrogens is 422 g/mol. The molecule has 1 aromatic heterocycles. The number of anilines is 1. The van der Waals surface area contributed by atoms with Crippen LogP contribution in [0.25, 0.3) is 0 Å². The van der Waals surface area contributed by atoms with Crippen molar-refractivity contribution < 1.29 is 9.53 Å². The van der Waals surface area contributed by atoms with Crippen molar-refractivity contribution in [3.05, 3.63) is 64.9 Å². The summed E-state index contributed by atoms with van der Waals surface area (Å²) in [6, 6.07) is 14.6. The quantitative estimate of drug-likeness (QED) is 0.591. The monoisotopic (exact) mass is 443 g/mol. The summed E-state index contributed by atoms with van der Waals surface area (Å²) < 4.78 is 7.16. The van der Waals surface area contributed by atoms with Crippen LogP contribution in [0, 0.1) is 0 Å². The number of hydrogen-bond acceptors (Lipinski definition) is 6. The molecule has 0 bridgehead atoms. The lowest BCUT2D eigenvalue weighted by atomic mass is 10.0. The van der Waals surface area contributed by atoms with Gasteiger partial charge in [-0.25, -0.2) is 4.68 Å². The Morgan fingerprint density at radius 1 is 1.23 bits per heavy atom. The topological polar surface area (TPSA) is 81.1 Å². The van der Waals surface area contributed by atoms with Gasteiger partial charge in [0.2, 0.25) is 11.1 Å². The number of para-hydroxylation sites is 1. The van der Waals surface area contributed by atoms with Crippen molar-refractivity contribution in [2.45, 2.75) is 36.2 Å². The van der Waals surface area contributed by atoms with Crippen LogP contribution in [0.15, 0.2) is 53.7 Å². The number of aryl methyl sites for hydroxylation is 1. The van der Waals surface area contributed by atoms with Crippen LogP contribution in [0.2, 0.25) is 5.02 Å². The van der Waals surface area contributed by atoms with Crippen LogP contribution in [0.5, 0.6) is 5.75 Å². The number of carbonyl (C=O) groups is 1. The maximum atomic E-state index is 13.3. The number of carbonyl (C=O) groups excluding carboxylic acids is 1. The lowest BCUT2D eigenvalue weighted by Crippen LogP contribution is -2.41. The number of ether oxygens (including phenoxy) is 1. The van der Waals surface area contributed by atoms with E-state index in [9.17, 15) is 4.79 Å². The van der Waals surface area contributed by atoms with Gasteiger partial charge in [-0.3, -0.25) is 4.79 Å². The molecule has 2 N–H and O–H groups in total. The molecule has 1 aliphatic heterocycles. The summed E-state index contributed by atoms with van der Waals surface area (Å²) in [5, 5.41) is 12.2. The fraction of sp³-hybridized carbons (Fsp3) is 0.286. The fourth-order valence-electron chi connectivity index (χ4n) is 3.31. The normalized spacial score (nSPS) is 17.7. The minimum Gasteiger partial charge on any atom is -0.497 e. The third-order valence-corrected chi connectivity index (χ3v) is 6.39. The summed E-state index contributed by atoms with van der Waals surface area (Å²) in [7, 11) is 1.63. The number of halogens is 1. The Labute approximate surface area is 184 Å². The van der Waals surface area contributed by atoms with Gasteiger partial charge < -0.3 is 15.5 Å². The average molecular weight is 444 g/mol. The van der Waals surface area contributed by atoms with Gasteiger partial charge in [-0.05, 0) is 36.2 Å². The van der Waals surface area contributed by atoms with Gasteiger partial charge in [-0.15, -0.1) is 10.2 Å². The van der Waals surface area contributed by atoms with E-state index in [1.165, 1.54) is 11.8 Å². The van der Waals surface area contributed by atoms with Crippen LogP contribution in [0.3, 0.4) is 0 Å². The van der Waals surface area contributed by atoms with Gasteiger partial charge in [0.05, 0.1) is 23.9 Å². The maximum absolute atomic E-state index is 13.3. The molecule has 1 aliphatic rings. The molecule has 0 radical (unpaired) electrons. The molecule has 1 amide bonds. The molecule has 9 heteroatoms. The largest absolute Gasteiger partial charge is 0.497 e. The minimum atomic E-state index is -0.471. The average Bonchev–Trinajstić information content (AvgIpc) is 3.16. The van der Waals surface area contributed by atoms with E-state index >= 15 is 0 Å². The van der Waals surface area contributed by atoms with Gasteiger partial charge in [0.25, 0.3) is 0 Å². The van der Waals surface area contributed by atoms with Gasteiger partial charge in [0, 0.05) is 6.42 Å². The Balaban J connectivity index is 1.67. The molecule has 2 aromatic carbocycles. The number of benzene rings is 2. The van der Waals surface area contributed by atoms with E-state index in [0.717, 1.165) is 30.0 Å². The molecule has 2 heterocycles. The van der Waals surface area contributed by atoms with Crippen molar-refractivity contribution in [2.24, 2.45) is 0 Å². The summed E-state index contributed by atoms with van der Waals surface area (Å²) in [6.45, 7) is 2.10. The lowest BCUT2D eigenvalue weighted by molar-refractivity contribution is -0.116. The first kappa shape index (κ1) is 20.6. The molecule has 2 atom stereocenters. The van der Waals surface area contributed by atoms with E-state index in [1.807, 2.05) is 41.1 Å². The smallest absolute Gasteiger partial charge is 0.240 e. The predicted octanol–water partition coefficient (Wildman–Crippen LogP) is 4.29. The molecule has 156 valence electrons. The molecule has 0 spiro atoms. The van der Waals surface area contributed by atoms with Crippen molar-refractivity contribution in [1.82, 2.24) is 14.9 Å². The molecule has 7 nitrogen and oxygen atoms in total. The third-order valence-electron chi connectivity index (χ3n) is 4.84. The second-order valence-corrected chi connectivity index (χ2v) is 8.39. The zero-order valence-corrected chi connectivity index (χ0v) is 18.2. The van der Waals surface area contributed by atoms with Crippen LogP contribution in [0.1, 0.15) is 30.8 Å². The number of nitrogens with one attached hydrogen (secondary N) is 2. The Bertz CT molecular complexity index is 1040. The number of rotatable bonds is 6. The highest BCUT2D eigenvalue weighted by Crippen LogP contribution is 2.38. The van der Waals surface area contributed by atoms with Gasteiger partial charge in [0.1, 0.15) is 11.0 Å². The first-order chi connectivity index (χ1) is 14.6. The highest BCUT2D eigenvalue weighted by Gasteiger charge is 2.38. The molecule has 30 heavy (non-hydrogen) atoms. The van der Waals surface area contributed by atoms with Crippen LogP contribution in [0.4, 0.5) is 5.69 Å². The number of methoxy groups -OCH3 is 1. The molecule has 0 unspecified atom stereocenters. The van der Waals surface area contributed by atoms with E-state index in [1.54, 1.807) is 19.2 Å². The second-order valence-electron chi connectivity index (χ2n) is 6.87. The fourth-order valence-corrected chi connectivity index (χ4v) is 4.59. The van der Waals surface area contributed by atoms with E-state index in [-0.39, 0.29) is 11.9 Å². The van der Waals surface area contributed by atoms with Crippen molar-refractivity contribution in [3.8, 4) is 5.75 Å². The standard InChI is InChI=1S/C21H22ClN5O2S/c1-3-6-17-24-25-21-27(17)26-18(13-9-11-14(29-2)12-10-13)19(30-21)20(28)23-16-8-5-4-7-15(16)22/h4-5,7-12,18-19,26H,3,6H2,1-2H3,(H,23,28)/t18-,19+/m0/s1. The van der Waals surface area contributed by atoms with Crippen molar-refractivity contribution in [1.29, 1.82) is 0 Å². The van der Waals surface area contributed by atoms with Gasteiger partial charge in [0.15, 0.2) is 5.82 Å². The lowest BCUT2D eigenvalue weighted by Gasteiger charge is -2.33. The highest BCUT2D eigenvalue weighted by molar-refractivity contribution is 8.00. The molecule has 0 aliphatic carbocycles. The number of nitrogens with zero attached hydrogens (tertiary/aromatic N) is 3. The van der Waals surface area contributed by atoms with Gasteiger partial charge in [-0.1, -0.05) is 54.6 Å². The van der Waals surface area contributed by atoms with Crippen molar-refractivity contribution in [3.63, 3.8) is 0 Å². The van der Waals surface area contributed by atoms with Gasteiger partial charge >= 0.3 is 0 Å². The summed E-state index contributed by atoms with van der Waals surface area (Å²) in [6.07, 6.45) is 1.75. The summed E-state index contributed by atoms with van der Waals surface area (Å²) >= 11 is 7.63. The van der Waals surface area contributed by atoms with E-state index in [4.69, 9.17) is 16.3 Å². The minimum absolute atomic E-state index is 0.160. The summed E-state index contributed by atoms with van der Waals surface area (Å²) in [5.74, 6) is 1.45. The molecular formula is C21H22ClN5O2S. The van der Waals surface area contributed by atoms with Crippen LogP contribution >= 0.6 is 23.4 Å². The summed E-state index contributed by atoms with van der Waals surface area (Å²) in [5.41, 5.74) is 4.99.